The fraction of sp³-hybridized carbons (Fsp3) is 0.312. The van der Waals surface area contributed by atoms with Crippen LogP contribution in [0.1, 0.15) is 22.0 Å². The summed E-state index contributed by atoms with van der Waals surface area (Å²) in [6.07, 6.45) is 0. The smallest absolute Gasteiger partial charge is 0.253 e. The SMILES string of the molecule is Cc1ccc(C2C(=O)NCCN2S(=O)(=O)c2ccc(C)s2)cc1. The highest BCUT2D eigenvalue weighted by molar-refractivity contribution is 7.91. The van der Waals surface area contributed by atoms with E-state index in [-0.39, 0.29) is 16.7 Å². The summed E-state index contributed by atoms with van der Waals surface area (Å²) in [5.41, 5.74) is 1.75. The van der Waals surface area contributed by atoms with Crippen LogP contribution in [0.3, 0.4) is 0 Å². The first-order valence-electron chi connectivity index (χ1n) is 7.32. The standard InChI is InChI=1S/C16H18N2O3S2/c1-11-3-6-13(7-4-11)15-16(19)17-9-10-18(15)23(20,21)14-8-5-12(2)22-14/h3-8,15H,9-10H2,1-2H3,(H,17,19). The number of hydrogen-bond donors (Lipinski definition) is 1. The van der Waals surface area contributed by atoms with Gasteiger partial charge in [-0.05, 0) is 31.5 Å². The molecule has 5 nitrogen and oxygen atoms in total. The summed E-state index contributed by atoms with van der Waals surface area (Å²) in [7, 11) is -3.69. The number of aryl methyl sites for hydroxylation is 2. The Morgan fingerprint density at radius 2 is 1.83 bits per heavy atom. The van der Waals surface area contributed by atoms with Gasteiger partial charge in [-0.1, -0.05) is 29.8 Å². The molecule has 1 atom stereocenters. The second kappa shape index (κ2) is 6.07. The molecule has 1 aromatic carbocycles. The van der Waals surface area contributed by atoms with E-state index in [2.05, 4.69) is 5.32 Å². The van der Waals surface area contributed by atoms with E-state index in [1.165, 1.54) is 15.6 Å². The van der Waals surface area contributed by atoms with Crippen LogP contribution in [0.2, 0.25) is 0 Å². The molecule has 7 heteroatoms. The van der Waals surface area contributed by atoms with E-state index < -0.39 is 16.1 Å². The highest BCUT2D eigenvalue weighted by Gasteiger charge is 2.39. The maximum Gasteiger partial charge on any atom is 0.253 e. The highest BCUT2D eigenvalue weighted by Crippen LogP contribution is 2.32. The average molecular weight is 350 g/mol. The van der Waals surface area contributed by atoms with E-state index in [0.29, 0.717) is 12.1 Å². The number of piperazine rings is 1. The second-order valence-corrected chi connectivity index (χ2v) is 8.99. The van der Waals surface area contributed by atoms with Crippen molar-refractivity contribution in [2.24, 2.45) is 0 Å². The van der Waals surface area contributed by atoms with Crippen molar-refractivity contribution in [2.75, 3.05) is 13.1 Å². The van der Waals surface area contributed by atoms with E-state index in [4.69, 9.17) is 0 Å². The summed E-state index contributed by atoms with van der Waals surface area (Å²) in [6, 6.07) is 9.96. The van der Waals surface area contributed by atoms with Crippen LogP contribution in [0.5, 0.6) is 0 Å². The van der Waals surface area contributed by atoms with Crippen molar-refractivity contribution in [2.45, 2.75) is 24.1 Å². The van der Waals surface area contributed by atoms with Gasteiger partial charge in [-0.15, -0.1) is 11.3 Å². The van der Waals surface area contributed by atoms with Gasteiger partial charge < -0.3 is 5.32 Å². The van der Waals surface area contributed by atoms with Crippen molar-refractivity contribution in [3.8, 4) is 0 Å². The maximum atomic E-state index is 13.0. The van der Waals surface area contributed by atoms with Crippen LogP contribution in [-0.2, 0) is 14.8 Å². The first-order chi connectivity index (χ1) is 10.9. The Balaban J connectivity index is 2.04. The number of amides is 1. The van der Waals surface area contributed by atoms with E-state index >= 15 is 0 Å². The van der Waals surface area contributed by atoms with Gasteiger partial charge in [0.2, 0.25) is 5.91 Å². The third-order valence-electron chi connectivity index (χ3n) is 3.84. The maximum absolute atomic E-state index is 13.0. The molecule has 2 aromatic rings. The Morgan fingerprint density at radius 1 is 1.13 bits per heavy atom. The van der Waals surface area contributed by atoms with Gasteiger partial charge in [-0.25, -0.2) is 8.42 Å². The van der Waals surface area contributed by atoms with Crippen molar-refractivity contribution < 1.29 is 13.2 Å². The average Bonchev–Trinajstić information content (AvgIpc) is 2.95. The highest BCUT2D eigenvalue weighted by atomic mass is 32.2. The van der Waals surface area contributed by atoms with Crippen molar-refractivity contribution in [3.63, 3.8) is 0 Å². The Labute approximate surface area is 140 Å². The molecule has 1 fully saturated rings. The molecule has 1 aromatic heterocycles. The van der Waals surface area contributed by atoms with Crippen molar-refractivity contribution in [1.82, 2.24) is 9.62 Å². The quantitative estimate of drug-likeness (QED) is 0.923. The molecule has 2 heterocycles. The van der Waals surface area contributed by atoms with E-state index in [1.807, 2.05) is 38.1 Å². The molecule has 0 bridgehead atoms. The fourth-order valence-electron chi connectivity index (χ4n) is 2.64. The Hall–Kier alpha value is -1.70. The third-order valence-corrected chi connectivity index (χ3v) is 7.17. The Morgan fingerprint density at radius 3 is 2.43 bits per heavy atom. The summed E-state index contributed by atoms with van der Waals surface area (Å²) >= 11 is 1.23. The van der Waals surface area contributed by atoms with Crippen molar-refractivity contribution >= 4 is 27.3 Å². The van der Waals surface area contributed by atoms with Crippen LogP contribution < -0.4 is 5.32 Å². The topological polar surface area (TPSA) is 66.5 Å². The molecular formula is C16H18N2O3S2. The van der Waals surface area contributed by atoms with Gasteiger partial charge in [0, 0.05) is 18.0 Å². The zero-order valence-electron chi connectivity index (χ0n) is 12.9. The Kier molecular flexibility index (Phi) is 4.27. The van der Waals surface area contributed by atoms with Crippen molar-refractivity contribution in [1.29, 1.82) is 0 Å². The molecule has 1 saturated heterocycles. The number of benzene rings is 1. The summed E-state index contributed by atoms with van der Waals surface area (Å²) in [4.78, 5) is 13.3. The van der Waals surface area contributed by atoms with Crippen LogP contribution in [0, 0.1) is 13.8 Å². The molecule has 0 aliphatic carbocycles. The van der Waals surface area contributed by atoms with Gasteiger partial charge >= 0.3 is 0 Å². The largest absolute Gasteiger partial charge is 0.353 e. The lowest BCUT2D eigenvalue weighted by atomic mass is 10.0. The normalized spacial score (nSPS) is 19.6. The number of thiophene rings is 1. The van der Waals surface area contributed by atoms with Gasteiger partial charge in [0.15, 0.2) is 0 Å². The first-order valence-corrected chi connectivity index (χ1v) is 9.58. The fourth-order valence-corrected chi connectivity index (χ4v) is 5.63. The lowest BCUT2D eigenvalue weighted by Gasteiger charge is -2.33. The Bertz CT molecular complexity index is 825. The molecule has 0 saturated carbocycles. The molecule has 122 valence electrons. The van der Waals surface area contributed by atoms with Crippen LogP contribution in [0.15, 0.2) is 40.6 Å². The zero-order chi connectivity index (χ0) is 16.6. The van der Waals surface area contributed by atoms with Crippen LogP contribution in [0.4, 0.5) is 0 Å². The summed E-state index contributed by atoms with van der Waals surface area (Å²) in [5, 5.41) is 2.76. The first kappa shape index (κ1) is 16.2. The minimum atomic E-state index is -3.69. The number of rotatable bonds is 3. The lowest BCUT2D eigenvalue weighted by molar-refractivity contribution is -0.126. The number of carbonyl (C=O) groups excluding carboxylic acids is 1. The lowest BCUT2D eigenvalue weighted by Crippen LogP contribution is -2.51. The minimum absolute atomic E-state index is 0.267. The molecule has 3 rings (SSSR count). The molecule has 1 amide bonds. The van der Waals surface area contributed by atoms with Crippen LogP contribution in [0.25, 0.3) is 0 Å². The molecule has 1 unspecified atom stereocenters. The monoisotopic (exact) mass is 350 g/mol. The molecule has 0 spiro atoms. The minimum Gasteiger partial charge on any atom is -0.353 e. The number of sulfonamides is 1. The molecular weight excluding hydrogens is 332 g/mol. The number of carbonyl (C=O) groups is 1. The predicted molar refractivity (Wildman–Crippen MR) is 89.9 cm³/mol. The van der Waals surface area contributed by atoms with Gasteiger partial charge in [0.1, 0.15) is 10.3 Å². The molecule has 1 aliphatic rings. The number of nitrogens with one attached hydrogen (secondary N) is 1. The molecule has 1 N–H and O–H groups in total. The summed E-state index contributed by atoms with van der Waals surface area (Å²) in [6.45, 7) is 4.41. The second-order valence-electron chi connectivity index (χ2n) is 5.59. The van der Waals surface area contributed by atoms with E-state index in [0.717, 1.165) is 10.4 Å². The predicted octanol–water partition coefficient (Wildman–Crippen LogP) is 2.23. The third kappa shape index (κ3) is 3.04. The van der Waals surface area contributed by atoms with Gasteiger partial charge in [-0.2, -0.15) is 4.31 Å². The molecule has 1 aliphatic heterocycles. The number of hydrogen-bond acceptors (Lipinski definition) is 4. The van der Waals surface area contributed by atoms with E-state index in [9.17, 15) is 13.2 Å². The van der Waals surface area contributed by atoms with Gasteiger partial charge in [0.05, 0.1) is 0 Å². The number of nitrogens with zero attached hydrogens (tertiary/aromatic N) is 1. The van der Waals surface area contributed by atoms with Crippen LogP contribution >= 0.6 is 11.3 Å². The van der Waals surface area contributed by atoms with Gasteiger partial charge in [0.25, 0.3) is 10.0 Å². The zero-order valence-corrected chi connectivity index (χ0v) is 14.6. The molecule has 0 radical (unpaired) electrons. The van der Waals surface area contributed by atoms with Gasteiger partial charge in [-0.3, -0.25) is 4.79 Å². The molecule has 23 heavy (non-hydrogen) atoms. The van der Waals surface area contributed by atoms with Crippen LogP contribution in [-0.4, -0.2) is 31.7 Å². The summed E-state index contributed by atoms with van der Waals surface area (Å²) in [5.74, 6) is -0.281. The van der Waals surface area contributed by atoms with Crippen molar-refractivity contribution in [3.05, 3.63) is 52.4 Å². The summed E-state index contributed by atoms with van der Waals surface area (Å²) < 4.78 is 27.5. The van der Waals surface area contributed by atoms with E-state index in [1.54, 1.807) is 12.1 Å².